The van der Waals surface area contributed by atoms with Gasteiger partial charge in [0.2, 0.25) is 5.95 Å². The minimum absolute atomic E-state index is 0.279. The van der Waals surface area contributed by atoms with E-state index in [1.54, 1.807) is 0 Å². The summed E-state index contributed by atoms with van der Waals surface area (Å²) in [6.07, 6.45) is 7.61. The second-order valence-electron chi connectivity index (χ2n) is 8.26. The number of hydrogen-bond donors (Lipinski definition) is 2. The van der Waals surface area contributed by atoms with E-state index < -0.39 is 0 Å². The first-order chi connectivity index (χ1) is 13.0. The molecule has 3 rings (SSSR count). The highest BCUT2D eigenvalue weighted by Gasteiger charge is 2.21. The predicted octanol–water partition coefficient (Wildman–Crippen LogP) is 3.79. The van der Waals surface area contributed by atoms with Crippen molar-refractivity contribution in [2.75, 3.05) is 41.3 Å². The first kappa shape index (κ1) is 20.1. The average molecular weight is 391 g/mol. The van der Waals surface area contributed by atoms with Gasteiger partial charge in [0.05, 0.1) is 0 Å². The molecule has 27 heavy (non-hydrogen) atoms. The number of nitrogens with zero attached hydrogens (tertiary/aromatic N) is 4. The maximum Gasteiger partial charge on any atom is 0.232 e. The van der Waals surface area contributed by atoms with Gasteiger partial charge in [0.15, 0.2) is 5.11 Å². The van der Waals surface area contributed by atoms with E-state index in [9.17, 15) is 0 Å². The Balaban J connectivity index is 1.85. The Bertz CT molecular complexity index is 607. The lowest BCUT2D eigenvalue weighted by Crippen LogP contribution is -2.37. The number of piperidine rings is 1. The fraction of sp³-hybridized carbons (Fsp3) is 0.750. The molecule has 1 atom stereocenters. The van der Waals surface area contributed by atoms with Gasteiger partial charge in [-0.1, -0.05) is 19.8 Å². The van der Waals surface area contributed by atoms with Crippen molar-refractivity contribution in [3.63, 3.8) is 0 Å². The van der Waals surface area contributed by atoms with Crippen molar-refractivity contribution in [2.45, 2.75) is 65.3 Å². The van der Waals surface area contributed by atoms with Gasteiger partial charge in [-0.05, 0) is 57.7 Å². The third kappa shape index (κ3) is 5.92. The summed E-state index contributed by atoms with van der Waals surface area (Å²) in [5, 5.41) is 7.00. The minimum Gasteiger partial charge on any atom is -0.360 e. The number of aromatic nitrogens is 2. The van der Waals surface area contributed by atoms with Gasteiger partial charge >= 0.3 is 0 Å². The van der Waals surface area contributed by atoms with Gasteiger partial charge in [0.25, 0.3) is 0 Å². The molecule has 2 aliphatic rings. The Kier molecular flexibility index (Phi) is 7.10. The molecule has 0 bridgehead atoms. The van der Waals surface area contributed by atoms with E-state index in [1.165, 1.54) is 38.5 Å². The summed E-state index contributed by atoms with van der Waals surface area (Å²) in [6, 6.07) is 2.45. The lowest BCUT2D eigenvalue weighted by atomic mass is 10.0. The Morgan fingerprint density at radius 2 is 1.67 bits per heavy atom. The smallest absolute Gasteiger partial charge is 0.232 e. The van der Waals surface area contributed by atoms with Crippen molar-refractivity contribution in [3.05, 3.63) is 6.07 Å². The van der Waals surface area contributed by atoms with Crippen molar-refractivity contribution in [1.82, 2.24) is 15.3 Å². The molecule has 1 aromatic heterocycles. The molecule has 2 fully saturated rings. The van der Waals surface area contributed by atoms with Crippen LogP contribution >= 0.6 is 12.2 Å². The molecule has 150 valence electrons. The Morgan fingerprint density at radius 3 is 2.30 bits per heavy atom. The highest BCUT2D eigenvalue weighted by atomic mass is 32.1. The van der Waals surface area contributed by atoms with E-state index in [2.05, 4.69) is 47.3 Å². The first-order valence-electron chi connectivity index (χ1n) is 10.5. The third-order valence-corrected chi connectivity index (χ3v) is 5.48. The van der Waals surface area contributed by atoms with E-state index in [1.807, 2.05) is 0 Å². The van der Waals surface area contributed by atoms with Crippen LogP contribution in [-0.4, -0.2) is 47.3 Å². The van der Waals surface area contributed by atoms with Crippen LogP contribution in [0.3, 0.4) is 0 Å². The van der Waals surface area contributed by atoms with Gasteiger partial charge in [0.1, 0.15) is 11.6 Å². The van der Waals surface area contributed by atoms with Crippen LogP contribution in [0.2, 0.25) is 0 Å². The van der Waals surface area contributed by atoms with E-state index in [0.717, 1.165) is 37.8 Å². The highest BCUT2D eigenvalue weighted by Crippen LogP contribution is 2.27. The summed E-state index contributed by atoms with van der Waals surface area (Å²) in [5.41, 5.74) is 0. The highest BCUT2D eigenvalue weighted by molar-refractivity contribution is 7.80. The molecule has 6 nitrogen and oxygen atoms in total. The summed E-state index contributed by atoms with van der Waals surface area (Å²) in [4.78, 5) is 14.4. The Labute approximate surface area is 169 Å². The van der Waals surface area contributed by atoms with Crippen LogP contribution in [0, 0.1) is 5.92 Å². The van der Waals surface area contributed by atoms with Crippen LogP contribution in [0.5, 0.6) is 0 Å². The van der Waals surface area contributed by atoms with Gasteiger partial charge in [-0.15, -0.1) is 0 Å². The maximum absolute atomic E-state index is 5.42. The molecular formula is C20H34N6S. The van der Waals surface area contributed by atoms with E-state index in [0.29, 0.717) is 17.0 Å². The van der Waals surface area contributed by atoms with Crippen LogP contribution in [-0.2, 0) is 0 Å². The van der Waals surface area contributed by atoms with Crippen molar-refractivity contribution in [2.24, 2.45) is 5.92 Å². The summed E-state index contributed by atoms with van der Waals surface area (Å²) < 4.78 is 0. The number of hydrogen-bond acceptors (Lipinski definition) is 5. The van der Waals surface area contributed by atoms with Crippen LogP contribution in [0.25, 0.3) is 0 Å². The van der Waals surface area contributed by atoms with Gasteiger partial charge in [-0.2, -0.15) is 9.97 Å². The van der Waals surface area contributed by atoms with E-state index in [-0.39, 0.29) is 6.04 Å². The maximum atomic E-state index is 5.42. The molecule has 1 aromatic rings. The van der Waals surface area contributed by atoms with Gasteiger partial charge in [-0.3, -0.25) is 0 Å². The van der Waals surface area contributed by atoms with Crippen molar-refractivity contribution in [3.8, 4) is 0 Å². The number of rotatable bonds is 4. The fourth-order valence-electron chi connectivity index (χ4n) is 3.90. The second-order valence-corrected chi connectivity index (χ2v) is 8.66. The average Bonchev–Trinajstić information content (AvgIpc) is 2.90. The predicted molar refractivity (Wildman–Crippen MR) is 118 cm³/mol. The summed E-state index contributed by atoms with van der Waals surface area (Å²) in [5.74, 6) is 3.35. The molecule has 0 aliphatic carbocycles. The second kappa shape index (κ2) is 9.53. The lowest BCUT2D eigenvalue weighted by Gasteiger charge is -2.33. The van der Waals surface area contributed by atoms with Crippen LogP contribution in [0.1, 0.15) is 59.3 Å². The Hall–Kier alpha value is -1.63. The standard InChI is InChI=1S/C20H34N6S/c1-15(2)21-20(27)24-19-22-17(25-10-6-4-5-7-11-25)13-18(23-19)26-12-8-9-16(3)14-26/h13,15-16H,4-12,14H2,1-3H3,(H2,21,22,23,24,27). The third-order valence-electron chi connectivity index (χ3n) is 5.26. The molecule has 2 aliphatic heterocycles. The molecule has 0 saturated carbocycles. The largest absolute Gasteiger partial charge is 0.360 e. The Morgan fingerprint density at radius 1 is 1.04 bits per heavy atom. The normalized spacial score (nSPS) is 21.1. The van der Waals surface area contributed by atoms with Gasteiger partial charge < -0.3 is 20.4 Å². The lowest BCUT2D eigenvalue weighted by molar-refractivity contribution is 0.444. The van der Waals surface area contributed by atoms with Crippen molar-refractivity contribution < 1.29 is 0 Å². The molecule has 3 heterocycles. The zero-order chi connectivity index (χ0) is 19.2. The number of nitrogens with one attached hydrogen (secondary N) is 2. The van der Waals surface area contributed by atoms with Crippen LogP contribution in [0.4, 0.5) is 17.6 Å². The van der Waals surface area contributed by atoms with Gasteiger partial charge in [0, 0.05) is 38.3 Å². The monoisotopic (exact) mass is 390 g/mol. The van der Waals surface area contributed by atoms with Crippen LogP contribution < -0.4 is 20.4 Å². The number of thiocarbonyl (C=S) groups is 1. The van der Waals surface area contributed by atoms with Crippen molar-refractivity contribution >= 4 is 34.9 Å². The fourth-order valence-corrected chi connectivity index (χ4v) is 4.23. The molecule has 0 aromatic carbocycles. The SMILES string of the molecule is CC1CCCN(c2cc(N3CCCCCC3)nc(NC(=S)NC(C)C)n2)C1. The summed E-state index contributed by atoms with van der Waals surface area (Å²) >= 11 is 5.42. The minimum atomic E-state index is 0.279. The molecule has 1 unspecified atom stereocenters. The van der Waals surface area contributed by atoms with Crippen LogP contribution in [0.15, 0.2) is 6.07 Å². The summed E-state index contributed by atoms with van der Waals surface area (Å²) in [6.45, 7) is 10.7. The molecule has 2 saturated heterocycles. The molecule has 0 amide bonds. The van der Waals surface area contributed by atoms with E-state index in [4.69, 9.17) is 22.2 Å². The molecule has 7 heteroatoms. The van der Waals surface area contributed by atoms with Crippen molar-refractivity contribution in [1.29, 1.82) is 0 Å². The van der Waals surface area contributed by atoms with E-state index >= 15 is 0 Å². The molecule has 0 radical (unpaired) electrons. The molecule has 2 N–H and O–H groups in total. The first-order valence-corrected chi connectivity index (χ1v) is 10.9. The quantitative estimate of drug-likeness (QED) is 0.759. The molecular weight excluding hydrogens is 356 g/mol. The summed E-state index contributed by atoms with van der Waals surface area (Å²) in [7, 11) is 0. The topological polar surface area (TPSA) is 56.3 Å². The number of anilines is 3. The molecule has 0 spiro atoms. The van der Waals surface area contributed by atoms with Gasteiger partial charge in [-0.25, -0.2) is 0 Å². The zero-order valence-electron chi connectivity index (χ0n) is 17.0. The zero-order valence-corrected chi connectivity index (χ0v) is 17.8.